The number of hydrogen-bond donors (Lipinski definition) is 1. The number of ether oxygens (including phenoxy) is 2. The first kappa shape index (κ1) is 21.0. The van der Waals surface area contributed by atoms with Crippen LogP contribution in [0.5, 0.6) is 11.5 Å². The fourth-order valence-corrected chi connectivity index (χ4v) is 3.22. The van der Waals surface area contributed by atoms with E-state index in [-0.39, 0.29) is 29.7 Å². The molecule has 0 spiro atoms. The molecule has 3 aromatic rings. The molecular weight excluding hydrogens is 384 g/mol. The molecule has 3 rings (SSSR count). The molecule has 7 heteroatoms. The van der Waals surface area contributed by atoms with Crippen molar-refractivity contribution >= 4 is 11.9 Å². The Morgan fingerprint density at radius 1 is 1.00 bits per heavy atom. The first-order chi connectivity index (χ1) is 14.3. The molecule has 0 saturated heterocycles. The van der Waals surface area contributed by atoms with Crippen LogP contribution < -0.4 is 9.47 Å². The number of benzene rings is 2. The van der Waals surface area contributed by atoms with Gasteiger partial charge in [0, 0.05) is 25.3 Å². The number of methoxy groups -OCH3 is 1. The summed E-state index contributed by atoms with van der Waals surface area (Å²) in [7, 11) is 4.80. The van der Waals surface area contributed by atoms with Crippen molar-refractivity contribution in [3.05, 3.63) is 77.1 Å². The molecule has 0 unspecified atom stereocenters. The summed E-state index contributed by atoms with van der Waals surface area (Å²) < 4.78 is 12.6. The van der Waals surface area contributed by atoms with Gasteiger partial charge in [-0.1, -0.05) is 30.3 Å². The van der Waals surface area contributed by atoms with Crippen molar-refractivity contribution in [3.63, 3.8) is 0 Å². The Kier molecular flexibility index (Phi) is 6.11. The Morgan fingerprint density at radius 3 is 2.17 bits per heavy atom. The molecule has 7 nitrogen and oxygen atoms in total. The van der Waals surface area contributed by atoms with Gasteiger partial charge in [-0.15, -0.1) is 0 Å². The summed E-state index contributed by atoms with van der Waals surface area (Å²) in [5, 5.41) is 10.0. The van der Waals surface area contributed by atoms with Crippen LogP contribution in [-0.2, 0) is 6.61 Å². The lowest BCUT2D eigenvalue weighted by atomic mass is 10.2. The van der Waals surface area contributed by atoms with Crippen molar-refractivity contribution in [2.75, 3.05) is 21.2 Å². The molecule has 0 atom stereocenters. The van der Waals surface area contributed by atoms with Crippen LogP contribution in [0.25, 0.3) is 5.69 Å². The van der Waals surface area contributed by atoms with Crippen LogP contribution in [0.2, 0.25) is 0 Å². The quantitative estimate of drug-likeness (QED) is 0.644. The average molecular weight is 408 g/mol. The van der Waals surface area contributed by atoms with Crippen LogP contribution in [-0.4, -0.2) is 47.7 Å². The van der Waals surface area contributed by atoms with Crippen LogP contribution >= 0.6 is 0 Å². The lowest BCUT2D eigenvalue weighted by Gasteiger charge is -2.15. The van der Waals surface area contributed by atoms with Gasteiger partial charge in [-0.3, -0.25) is 9.36 Å². The molecule has 0 bridgehead atoms. The Hall–Kier alpha value is -3.74. The van der Waals surface area contributed by atoms with Crippen LogP contribution in [0.1, 0.15) is 32.1 Å². The zero-order chi connectivity index (χ0) is 21.8. The fourth-order valence-electron chi connectivity index (χ4n) is 3.22. The first-order valence-electron chi connectivity index (χ1n) is 9.36. The SMILES string of the molecule is COc1ccc(-n2c(C(=O)N(C)C)c(C)c(OCc3ccccc3)c2C(=O)O)cc1. The molecule has 0 radical (unpaired) electrons. The molecule has 0 aliphatic carbocycles. The first-order valence-corrected chi connectivity index (χ1v) is 9.36. The van der Waals surface area contributed by atoms with Crippen LogP contribution in [0.4, 0.5) is 0 Å². The van der Waals surface area contributed by atoms with Gasteiger partial charge in [-0.25, -0.2) is 4.79 Å². The highest BCUT2D eigenvalue weighted by Crippen LogP contribution is 2.35. The zero-order valence-corrected chi connectivity index (χ0v) is 17.4. The van der Waals surface area contributed by atoms with Crippen molar-refractivity contribution in [3.8, 4) is 17.2 Å². The lowest BCUT2D eigenvalue weighted by molar-refractivity contribution is 0.0682. The molecule has 0 aliphatic rings. The lowest BCUT2D eigenvalue weighted by Crippen LogP contribution is -2.25. The largest absolute Gasteiger partial charge is 0.497 e. The molecule has 0 fully saturated rings. The van der Waals surface area contributed by atoms with Crippen LogP contribution in [0.3, 0.4) is 0 Å². The molecule has 1 amide bonds. The van der Waals surface area contributed by atoms with Gasteiger partial charge in [0.2, 0.25) is 0 Å². The van der Waals surface area contributed by atoms with Gasteiger partial charge in [-0.05, 0) is 36.8 Å². The maximum absolute atomic E-state index is 13.0. The van der Waals surface area contributed by atoms with Gasteiger partial charge in [-0.2, -0.15) is 0 Å². The summed E-state index contributed by atoms with van der Waals surface area (Å²) in [4.78, 5) is 26.6. The summed E-state index contributed by atoms with van der Waals surface area (Å²) in [6, 6.07) is 16.3. The van der Waals surface area contributed by atoms with Crippen LogP contribution in [0, 0.1) is 6.92 Å². The molecule has 0 saturated carbocycles. The second-order valence-corrected chi connectivity index (χ2v) is 6.96. The Labute approximate surface area is 175 Å². The predicted octanol–water partition coefficient (Wildman–Crippen LogP) is 3.77. The number of carbonyl (C=O) groups is 2. The van der Waals surface area contributed by atoms with Gasteiger partial charge in [0.15, 0.2) is 11.4 Å². The summed E-state index contributed by atoms with van der Waals surface area (Å²) in [5.74, 6) is -0.705. The molecule has 1 heterocycles. The van der Waals surface area contributed by atoms with Gasteiger partial charge in [0.05, 0.1) is 7.11 Å². The highest BCUT2D eigenvalue weighted by molar-refractivity contribution is 6.00. The van der Waals surface area contributed by atoms with Crippen LogP contribution in [0.15, 0.2) is 54.6 Å². The van der Waals surface area contributed by atoms with E-state index in [2.05, 4.69) is 0 Å². The number of carbonyl (C=O) groups excluding carboxylic acids is 1. The number of hydrogen-bond acceptors (Lipinski definition) is 4. The molecule has 1 N–H and O–H groups in total. The predicted molar refractivity (Wildman–Crippen MR) is 113 cm³/mol. The third kappa shape index (κ3) is 4.00. The van der Waals surface area contributed by atoms with E-state index in [1.165, 1.54) is 9.47 Å². The summed E-state index contributed by atoms with van der Waals surface area (Å²) in [6.45, 7) is 1.88. The Bertz CT molecular complexity index is 1050. The molecule has 1 aromatic heterocycles. The highest BCUT2D eigenvalue weighted by atomic mass is 16.5. The van der Waals surface area contributed by atoms with Gasteiger partial charge < -0.3 is 19.5 Å². The van der Waals surface area contributed by atoms with E-state index < -0.39 is 5.97 Å². The fraction of sp³-hybridized carbons (Fsp3) is 0.217. The van der Waals surface area contributed by atoms with E-state index in [9.17, 15) is 14.7 Å². The standard InChI is InChI=1S/C23H24N2O5/c1-15-19(22(26)24(2)3)25(17-10-12-18(29-4)13-11-17)20(23(27)28)21(15)30-14-16-8-6-5-7-9-16/h5-13H,14H2,1-4H3,(H,27,28). The number of aromatic carboxylic acids is 1. The van der Waals surface area contributed by atoms with E-state index in [1.54, 1.807) is 52.4 Å². The van der Waals surface area contributed by atoms with E-state index in [0.29, 0.717) is 17.0 Å². The Balaban J connectivity index is 2.19. The number of nitrogens with zero attached hydrogens (tertiary/aromatic N) is 2. The summed E-state index contributed by atoms with van der Waals surface area (Å²) >= 11 is 0. The topological polar surface area (TPSA) is 81.0 Å². The number of rotatable bonds is 7. The zero-order valence-electron chi connectivity index (χ0n) is 17.4. The molecular formula is C23H24N2O5. The number of carboxylic acids is 1. The second-order valence-electron chi connectivity index (χ2n) is 6.96. The summed E-state index contributed by atoms with van der Waals surface area (Å²) in [5.41, 5.74) is 2.03. The summed E-state index contributed by atoms with van der Waals surface area (Å²) in [6.07, 6.45) is 0. The normalized spacial score (nSPS) is 10.5. The molecule has 30 heavy (non-hydrogen) atoms. The average Bonchev–Trinajstić information content (AvgIpc) is 3.04. The van der Waals surface area contributed by atoms with Crippen molar-refractivity contribution in [2.24, 2.45) is 0 Å². The minimum absolute atomic E-state index is 0.0983. The van der Waals surface area contributed by atoms with E-state index in [4.69, 9.17) is 9.47 Å². The third-order valence-corrected chi connectivity index (χ3v) is 4.73. The smallest absolute Gasteiger partial charge is 0.356 e. The van der Waals surface area contributed by atoms with Gasteiger partial charge in [0.25, 0.3) is 5.91 Å². The monoisotopic (exact) mass is 408 g/mol. The maximum atomic E-state index is 13.0. The van der Waals surface area contributed by atoms with Crippen molar-refractivity contribution in [1.29, 1.82) is 0 Å². The van der Waals surface area contributed by atoms with Crippen molar-refractivity contribution in [2.45, 2.75) is 13.5 Å². The molecule has 156 valence electrons. The van der Waals surface area contributed by atoms with E-state index >= 15 is 0 Å². The number of amides is 1. The van der Waals surface area contributed by atoms with E-state index in [0.717, 1.165) is 5.56 Å². The number of aromatic nitrogens is 1. The van der Waals surface area contributed by atoms with Gasteiger partial charge in [0.1, 0.15) is 18.1 Å². The molecule has 2 aromatic carbocycles. The van der Waals surface area contributed by atoms with Gasteiger partial charge >= 0.3 is 5.97 Å². The molecule has 0 aliphatic heterocycles. The Morgan fingerprint density at radius 2 is 1.63 bits per heavy atom. The minimum atomic E-state index is -1.19. The maximum Gasteiger partial charge on any atom is 0.356 e. The van der Waals surface area contributed by atoms with Crippen molar-refractivity contribution in [1.82, 2.24) is 9.47 Å². The minimum Gasteiger partial charge on any atom is -0.497 e. The highest BCUT2D eigenvalue weighted by Gasteiger charge is 2.31. The third-order valence-electron chi connectivity index (χ3n) is 4.73. The second kappa shape index (κ2) is 8.73. The number of carboxylic acid groups (broad SMARTS) is 1. The van der Waals surface area contributed by atoms with E-state index in [1.807, 2.05) is 30.3 Å². The van der Waals surface area contributed by atoms with Crippen molar-refractivity contribution < 1.29 is 24.2 Å².